The molecule has 3 rings (SSSR count). The first kappa shape index (κ1) is 14.2. The molecule has 0 atom stereocenters. The number of nitrogens with zero attached hydrogens (tertiary/aromatic N) is 1. The van der Waals surface area contributed by atoms with Crippen LogP contribution in [-0.4, -0.2) is 4.98 Å². The Bertz CT molecular complexity index is 819. The van der Waals surface area contributed by atoms with Gasteiger partial charge in [0.2, 0.25) is 0 Å². The van der Waals surface area contributed by atoms with Gasteiger partial charge < -0.3 is 5.32 Å². The third-order valence-corrected chi connectivity index (χ3v) is 4.13. The Kier molecular flexibility index (Phi) is 3.73. The molecule has 0 aliphatic heterocycles. The van der Waals surface area contributed by atoms with E-state index in [1.165, 1.54) is 0 Å². The number of hydrogen-bond acceptors (Lipinski definition) is 3. The van der Waals surface area contributed by atoms with E-state index in [-0.39, 0.29) is 16.8 Å². The summed E-state index contributed by atoms with van der Waals surface area (Å²) >= 11 is 6.84. The minimum Gasteiger partial charge on any atom is -0.378 e. The fourth-order valence-electron chi connectivity index (χ4n) is 1.88. The van der Waals surface area contributed by atoms with Crippen molar-refractivity contribution >= 4 is 38.8 Å². The number of nitrogens with one attached hydrogen (secondary N) is 1. The highest BCUT2D eigenvalue weighted by Crippen LogP contribution is 2.29. The molecule has 1 heterocycles. The second-order valence-corrected chi connectivity index (χ2v) is 5.82. The predicted molar refractivity (Wildman–Crippen MR) is 78.3 cm³/mol. The number of halogens is 4. The van der Waals surface area contributed by atoms with E-state index in [1.807, 2.05) is 0 Å². The van der Waals surface area contributed by atoms with Crippen LogP contribution in [0.1, 0.15) is 5.01 Å². The number of fused-ring (bicyclic) bond motifs is 1. The Balaban J connectivity index is 1.88. The molecule has 0 aliphatic rings. The summed E-state index contributed by atoms with van der Waals surface area (Å²) < 4.78 is 40.3. The van der Waals surface area contributed by atoms with Crippen molar-refractivity contribution in [2.45, 2.75) is 6.54 Å². The number of thiazole rings is 1. The molecular weight excluding hydrogens is 321 g/mol. The van der Waals surface area contributed by atoms with Gasteiger partial charge in [0, 0.05) is 16.8 Å². The van der Waals surface area contributed by atoms with Gasteiger partial charge in [-0.2, -0.15) is 0 Å². The van der Waals surface area contributed by atoms with Crippen LogP contribution in [0.15, 0.2) is 30.3 Å². The molecule has 2 nitrogen and oxygen atoms in total. The van der Waals surface area contributed by atoms with Gasteiger partial charge in [-0.05, 0) is 18.2 Å². The maximum Gasteiger partial charge on any atom is 0.186 e. The van der Waals surface area contributed by atoms with Crippen molar-refractivity contribution in [3.63, 3.8) is 0 Å². The monoisotopic (exact) mass is 328 g/mol. The van der Waals surface area contributed by atoms with Gasteiger partial charge in [0.05, 0.1) is 11.2 Å². The minimum atomic E-state index is -1.24. The second kappa shape index (κ2) is 5.54. The maximum atomic E-state index is 13.6. The lowest BCUT2D eigenvalue weighted by atomic mass is 10.3. The summed E-state index contributed by atoms with van der Waals surface area (Å²) in [6, 6.07) is 7.56. The van der Waals surface area contributed by atoms with Gasteiger partial charge in [0.25, 0.3) is 0 Å². The summed E-state index contributed by atoms with van der Waals surface area (Å²) in [5.41, 5.74) is 0.481. The SMILES string of the molecule is Fc1cc(F)c2sc(CNc3cccc(Cl)c3)nc2c1F. The molecule has 1 N–H and O–H groups in total. The van der Waals surface area contributed by atoms with Gasteiger partial charge in [-0.1, -0.05) is 17.7 Å². The molecule has 2 aromatic carbocycles. The van der Waals surface area contributed by atoms with Gasteiger partial charge in [-0.3, -0.25) is 0 Å². The van der Waals surface area contributed by atoms with E-state index in [0.717, 1.165) is 17.0 Å². The molecule has 21 heavy (non-hydrogen) atoms. The highest BCUT2D eigenvalue weighted by atomic mass is 35.5. The largest absolute Gasteiger partial charge is 0.378 e. The Labute approximate surface area is 127 Å². The first-order chi connectivity index (χ1) is 10.0. The summed E-state index contributed by atoms with van der Waals surface area (Å²) in [5.74, 6) is -3.17. The Morgan fingerprint density at radius 2 is 1.95 bits per heavy atom. The van der Waals surface area contributed by atoms with E-state index in [1.54, 1.807) is 24.3 Å². The molecule has 0 bridgehead atoms. The lowest BCUT2D eigenvalue weighted by Crippen LogP contribution is -1.98. The van der Waals surface area contributed by atoms with Crippen LogP contribution in [0.2, 0.25) is 5.02 Å². The fourth-order valence-corrected chi connectivity index (χ4v) is 2.98. The number of hydrogen-bond donors (Lipinski definition) is 1. The first-order valence-corrected chi connectivity index (χ1v) is 7.16. The molecule has 108 valence electrons. The van der Waals surface area contributed by atoms with Gasteiger partial charge in [0.1, 0.15) is 16.3 Å². The topological polar surface area (TPSA) is 24.9 Å². The number of benzene rings is 2. The van der Waals surface area contributed by atoms with Crippen LogP contribution in [0.4, 0.5) is 18.9 Å². The van der Waals surface area contributed by atoms with Crippen LogP contribution >= 0.6 is 22.9 Å². The van der Waals surface area contributed by atoms with Crippen LogP contribution in [-0.2, 0) is 6.54 Å². The van der Waals surface area contributed by atoms with E-state index in [2.05, 4.69) is 10.3 Å². The summed E-state index contributed by atoms with van der Waals surface area (Å²) in [5, 5.41) is 4.07. The molecule has 0 radical (unpaired) electrons. The van der Waals surface area contributed by atoms with E-state index < -0.39 is 17.5 Å². The third-order valence-electron chi connectivity index (χ3n) is 2.83. The molecule has 0 saturated carbocycles. The van der Waals surface area contributed by atoms with Gasteiger partial charge >= 0.3 is 0 Å². The normalized spacial score (nSPS) is 11.0. The standard InChI is InChI=1S/C14H8ClF3N2S/c15-7-2-1-3-8(4-7)19-6-11-20-13-12(18)9(16)5-10(17)14(13)21-11/h1-5,19H,6H2. The van der Waals surface area contributed by atoms with Crippen molar-refractivity contribution in [2.75, 3.05) is 5.32 Å². The maximum absolute atomic E-state index is 13.6. The number of aromatic nitrogens is 1. The van der Waals surface area contributed by atoms with E-state index in [9.17, 15) is 13.2 Å². The van der Waals surface area contributed by atoms with Crippen molar-refractivity contribution < 1.29 is 13.2 Å². The quantitative estimate of drug-likeness (QED) is 0.686. The van der Waals surface area contributed by atoms with Gasteiger partial charge in [-0.15, -0.1) is 11.3 Å². The van der Waals surface area contributed by atoms with Gasteiger partial charge in [0.15, 0.2) is 11.6 Å². The average molecular weight is 329 g/mol. The van der Waals surface area contributed by atoms with Crippen LogP contribution in [0, 0.1) is 17.5 Å². The van der Waals surface area contributed by atoms with Crippen molar-refractivity contribution in [2.24, 2.45) is 0 Å². The average Bonchev–Trinajstić information content (AvgIpc) is 2.88. The van der Waals surface area contributed by atoms with Gasteiger partial charge in [-0.25, -0.2) is 18.2 Å². The molecule has 0 amide bonds. The zero-order valence-corrected chi connectivity index (χ0v) is 12.0. The zero-order chi connectivity index (χ0) is 15.0. The minimum absolute atomic E-state index is 0.0109. The summed E-state index contributed by atoms with van der Waals surface area (Å²) in [7, 11) is 0. The highest BCUT2D eigenvalue weighted by Gasteiger charge is 2.17. The molecule has 0 unspecified atom stereocenters. The first-order valence-electron chi connectivity index (χ1n) is 5.97. The van der Waals surface area contributed by atoms with E-state index in [0.29, 0.717) is 16.1 Å². The second-order valence-electron chi connectivity index (χ2n) is 4.30. The van der Waals surface area contributed by atoms with Crippen molar-refractivity contribution in [3.05, 3.63) is 57.8 Å². The molecule has 1 aromatic heterocycles. The van der Waals surface area contributed by atoms with E-state index >= 15 is 0 Å². The Morgan fingerprint density at radius 1 is 1.14 bits per heavy atom. The molecule has 0 aliphatic carbocycles. The molecule has 0 spiro atoms. The fraction of sp³-hybridized carbons (Fsp3) is 0.0714. The lowest BCUT2D eigenvalue weighted by Gasteiger charge is -2.03. The predicted octanol–water partition coefficient (Wildman–Crippen LogP) is 4.98. The smallest absolute Gasteiger partial charge is 0.186 e. The lowest BCUT2D eigenvalue weighted by molar-refractivity contribution is 0.504. The van der Waals surface area contributed by atoms with Crippen LogP contribution in [0.3, 0.4) is 0 Å². The van der Waals surface area contributed by atoms with Crippen molar-refractivity contribution in [1.82, 2.24) is 4.98 Å². The molecule has 0 saturated heterocycles. The molecule has 0 fully saturated rings. The van der Waals surface area contributed by atoms with Crippen LogP contribution in [0.25, 0.3) is 10.2 Å². The zero-order valence-electron chi connectivity index (χ0n) is 10.5. The molecule has 3 aromatic rings. The summed E-state index contributed by atoms with van der Waals surface area (Å²) in [6.45, 7) is 0.264. The third kappa shape index (κ3) is 2.82. The Morgan fingerprint density at radius 3 is 2.71 bits per heavy atom. The summed E-state index contributed by atoms with van der Waals surface area (Å²) in [4.78, 5) is 3.94. The molecule has 7 heteroatoms. The Hall–Kier alpha value is -1.79. The van der Waals surface area contributed by atoms with Crippen LogP contribution < -0.4 is 5.32 Å². The molecular formula is C14H8ClF3N2S. The van der Waals surface area contributed by atoms with Crippen molar-refractivity contribution in [1.29, 1.82) is 0 Å². The summed E-state index contributed by atoms with van der Waals surface area (Å²) in [6.07, 6.45) is 0. The number of rotatable bonds is 3. The van der Waals surface area contributed by atoms with Crippen LogP contribution in [0.5, 0.6) is 0 Å². The highest BCUT2D eigenvalue weighted by molar-refractivity contribution is 7.18. The number of anilines is 1. The van der Waals surface area contributed by atoms with E-state index in [4.69, 9.17) is 11.6 Å². The van der Waals surface area contributed by atoms with Crippen molar-refractivity contribution in [3.8, 4) is 0 Å².